The molecule has 7 nitrogen and oxygen atoms in total. The number of hydrogen-bond acceptors (Lipinski definition) is 4. The highest BCUT2D eigenvalue weighted by Crippen LogP contribution is 2.43. The Hall–Kier alpha value is -2.35. The molecule has 1 aliphatic carbocycles. The van der Waals surface area contributed by atoms with Crippen LogP contribution in [0.15, 0.2) is 42.6 Å². The van der Waals surface area contributed by atoms with Gasteiger partial charge >= 0.3 is 6.03 Å². The van der Waals surface area contributed by atoms with Gasteiger partial charge in [0.05, 0.1) is 28.4 Å². The van der Waals surface area contributed by atoms with Gasteiger partial charge in [-0.05, 0) is 37.5 Å². The molecule has 144 valence electrons. The van der Waals surface area contributed by atoms with Crippen LogP contribution >= 0.6 is 0 Å². The summed E-state index contributed by atoms with van der Waals surface area (Å²) < 4.78 is 26.2. The zero-order chi connectivity index (χ0) is 18.9. The molecule has 1 saturated heterocycles. The summed E-state index contributed by atoms with van der Waals surface area (Å²) in [5, 5.41) is 7.34. The molecule has 1 saturated carbocycles. The number of nitrogens with one attached hydrogen (secondary N) is 1. The number of benzene rings is 1. The van der Waals surface area contributed by atoms with Gasteiger partial charge in [0.15, 0.2) is 9.84 Å². The van der Waals surface area contributed by atoms with Gasteiger partial charge in [0.2, 0.25) is 0 Å². The standard InChI is InChI=1S/C19H24N4O3S/c24-18(22-12-10-19(8-4-9-19)27(25,26)14-13-22)20-15-16-7-11-23(21-16)17-5-2-1-3-6-17/h1-3,5-7,11H,4,8-10,12-15H2,(H,20,24). The van der Waals surface area contributed by atoms with Crippen LogP contribution in [-0.4, -0.2) is 52.7 Å². The lowest BCUT2D eigenvalue weighted by atomic mass is 9.81. The minimum atomic E-state index is -3.12. The van der Waals surface area contributed by atoms with Crippen LogP contribution in [0.4, 0.5) is 4.79 Å². The molecule has 0 unspecified atom stereocenters. The second kappa shape index (κ2) is 6.99. The van der Waals surface area contributed by atoms with Crippen LogP contribution in [0.3, 0.4) is 0 Å². The van der Waals surface area contributed by atoms with Crippen molar-refractivity contribution >= 4 is 15.9 Å². The van der Waals surface area contributed by atoms with E-state index in [1.807, 2.05) is 42.6 Å². The van der Waals surface area contributed by atoms with Crippen molar-refractivity contribution in [3.05, 3.63) is 48.3 Å². The first kappa shape index (κ1) is 18.0. The zero-order valence-corrected chi connectivity index (χ0v) is 16.0. The topological polar surface area (TPSA) is 84.3 Å². The molecule has 1 aromatic carbocycles. The van der Waals surface area contributed by atoms with Gasteiger partial charge in [-0.1, -0.05) is 24.6 Å². The maximum atomic E-state index is 12.5. The Morgan fingerprint density at radius 3 is 2.59 bits per heavy atom. The van der Waals surface area contributed by atoms with Crippen LogP contribution in [0.5, 0.6) is 0 Å². The van der Waals surface area contributed by atoms with E-state index in [1.54, 1.807) is 9.58 Å². The smallest absolute Gasteiger partial charge is 0.317 e. The Morgan fingerprint density at radius 1 is 1.11 bits per heavy atom. The average Bonchev–Trinajstić information content (AvgIpc) is 3.05. The summed E-state index contributed by atoms with van der Waals surface area (Å²) in [6.07, 6.45) is 4.85. The molecule has 1 N–H and O–H groups in total. The molecule has 1 aliphatic heterocycles. The summed E-state index contributed by atoms with van der Waals surface area (Å²) in [4.78, 5) is 14.1. The van der Waals surface area contributed by atoms with Crippen molar-refractivity contribution in [1.82, 2.24) is 20.0 Å². The maximum absolute atomic E-state index is 12.5. The lowest BCUT2D eigenvalue weighted by Gasteiger charge is -2.39. The van der Waals surface area contributed by atoms with Gasteiger partial charge in [-0.15, -0.1) is 0 Å². The fourth-order valence-corrected chi connectivity index (χ4v) is 6.05. The van der Waals surface area contributed by atoms with E-state index < -0.39 is 14.6 Å². The van der Waals surface area contributed by atoms with Gasteiger partial charge in [0.25, 0.3) is 0 Å². The van der Waals surface area contributed by atoms with Crippen LogP contribution in [0.25, 0.3) is 5.69 Å². The lowest BCUT2D eigenvalue weighted by Crippen LogP contribution is -2.46. The van der Waals surface area contributed by atoms with Crippen molar-refractivity contribution in [2.75, 3.05) is 18.8 Å². The largest absolute Gasteiger partial charge is 0.332 e. The summed E-state index contributed by atoms with van der Waals surface area (Å²) >= 11 is 0. The Labute approximate surface area is 159 Å². The number of amides is 2. The minimum absolute atomic E-state index is 0.0586. The maximum Gasteiger partial charge on any atom is 0.317 e. The third kappa shape index (κ3) is 3.45. The van der Waals surface area contributed by atoms with Gasteiger partial charge in [-0.2, -0.15) is 5.10 Å². The van der Waals surface area contributed by atoms with Crippen LogP contribution in [0.2, 0.25) is 0 Å². The predicted octanol–water partition coefficient (Wildman–Crippen LogP) is 2.13. The molecule has 4 rings (SSSR count). The number of carbonyl (C=O) groups is 1. The molecule has 2 aromatic rings. The Balaban J connectivity index is 1.35. The SMILES string of the molecule is O=C(NCc1ccn(-c2ccccc2)n1)N1CCC2(CCC2)S(=O)(=O)CC1. The predicted molar refractivity (Wildman–Crippen MR) is 102 cm³/mol. The molecule has 27 heavy (non-hydrogen) atoms. The first-order valence-electron chi connectivity index (χ1n) is 9.34. The fourth-order valence-electron chi connectivity index (χ4n) is 3.85. The molecule has 1 aromatic heterocycles. The number of sulfone groups is 1. The van der Waals surface area contributed by atoms with Crippen molar-refractivity contribution in [3.63, 3.8) is 0 Å². The molecule has 2 amide bonds. The van der Waals surface area contributed by atoms with E-state index in [0.717, 1.165) is 30.6 Å². The van der Waals surface area contributed by atoms with Crippen LogP contribution in [0, 0.1) is 0 Å². The van der Waals surface area contributed by atoms with Gasteiger partial charge in [0.1, 0.15) is 0 Å². The molecular weight excluding hydrogens is 364 g/mol. The van der Waals surface area contributed by atoms with Crippen molar-refractivity contribution in [3.8, 4) is 5.69 Å². The summed E-state index contributed by atoms with van der Waals surface area (Å²) in [5.74, 6) is 0.0586. The van der Waals surface area contributed by atoms with Gasteiger partial charge < -0.3 is 10.2 Å². The molecular formula is C19H24N4O3S. The van der Waals surface area contributed by atoms with Crippen molar-refractivity contribution < 1.29 is 13.2 Å². The number of carbonyl (C=O) groups excluding carboxylic acids is 1. The Morgan fingerprint density at radius 2 is 1.89 bits per heavy atom. The summed E-state index contributed by atoms with van der Waals surface area (Å²) in [6, 6.07) is 11.4. The van der Waals surface area contributed by atoms with E-state index in [-0.39, 0.29) is 18.3 Å². The van der Waals surface area contributed by atoms with E-state index in [1.165, 1.54) is 0 Å². The summed E-state index contributed by atoms with van der Waals surface area (Å²) in [6.45, 7) is 1.06. The van der Waals surface area contributed by atoms with Crippen molar-refractivity contribution in [1.29, 1.82) is 0 Å². The van der Waals surface area contributed by atoms with Crippen LogP contribution < -0.4 is 5.32 Å². The number of nitrogens with zero attached hydrogens (tertiary/aromatic N) is 3. The fraction of sp³-hybridized carbons (Fsp3) is 0.474. The molecule has 0 bridgehead atoms. The third-order valence-electron chi connectivity index (χ3n) is 5.76. The van der Waals surface area contributed by atoms with E-state index in [9.17, 15) is 13.2 Å². The highest BCUT2D eigenvalue weighted by atomic mass is 32.2. The van der Waals surface area contributed by atoms with Gasteiger partial charge in [-0.3, -0.25) is 0 Å². The van der Waals surface area contributed by atoms with Gasteiger partial charge in [-0.25, -0.2) is 17.9 Å². The molecule has 2 fully saturated rings. The van der Waals surface area contributed by atoms with Crippen molar-refractivity contribution in [2.24, 2.45) is 0 Å². The van der Waals surface area contributed by atoms with Crippen LogP contribution in [-0.2, 0) is 16.4 Å². The van der Waals surface area contributed by atoms with Gasteiger partial charge in [0, 0.05) is 19.3 Å². The van der Waals surface area contributed by atoms with Crippen molar-refractivity contribution in [2.45, 2.75) is 37.0 Å². The second-order valence-corrected chi connectivity index (χ2v) is 9.84. The Kier molecular flexibility index (Phi) is 4.67. The molecule has 8 heteroatoms. The molecule has 0 atom stereocenters. The Bertz CT molecular complexity index is 919. The molecule has 1 spiro atoms. The number of rotatable bonds is 3. The first-order chi connectivity index (χ1) is 13.0. The quantitative estimate of drug-likeness (QED) is 0.873. The first-order valence-corrected chi connectivity index (χ1v) is 11.0. The number of hydrogen-bond donors (Lipinski definition) is 1. The summed E-state index contributed by atoms with van der Waals surface area (Å²) in [5.41, 5.74) is 1.71. The lowest BCUT2D eigenvalue weighted by molar-refractivity contribution is 0.195. The second-order valence-electron chi connectivity index (χ2n) is 7.34. The highest BCUT2D eigenvalue weighted by Gasteiger charge is 2.49. The van der Waals surface area contributed by atoms with E-state index in [4.69, 9.17) is 0 Å². The monoisotopic (exact) mass is 388 g/mol. The number of urea groups is 1. The van der Waals surface area contributed by atoms with E-state index in [0.29, 0.717) is 19.5 Å². The third-order valence-corrected chi connectivity index (χ3v) is 8.42. The van der Waals surface area contributed by atoms with E-state index >= 15 is 0 Å². The number of para-hydroxylation sites is 1. The van der Waals surface area contributed by atoms with Crippen LogP contribution in [0.1, 0.15) is 31.4 Å². The minimum Gasteiger partial charge on any atom is -0.332 e. The number of aromatic nitrogens is 2. The van der Waals surface area contributed by atoms with E-state index in [2.05, 4.69) is 10.4 Å². The zero-order valence-electron chi connectivity index (χ0n) is 15.2. The average molecular weight is 388 g/mol. The molecule has 0 radical (unpaired) electrons. The summed E-state index contributed by atoms with van der Waals surface area (Å²) in [7, 11) is -3.12. The highest BCUT2D eigenvalue weighted by molar-refractivity contribution is 7.92. The molecule has 2 aliphatic rings. The molecule has 2 heterocycles. The normalized spacial score (nSPS) is 20.7.